The third kappa shape index (κ3) is 3.17. The maximum absolute atomic E-state index is 10.9. The first kappa shape index (κ1) is 12.9. The molecule has 0 saturated heterocycles. The largest absolute Gasteiger partial charge is 0.496 e. The Bertz CT molecular complexity index is 374. The highest BCUT2D eigenvalue weighted by atomic mass is 32.2. The van der Waals surface area contributed by atoms with Crippen molar-refractivity contribution in [3.63, 3.8) is 0 Å². The molecule has 1 aromatic carbocycles. The number of hydrogen-bond donors (Lipinski definition) is 1. The van der Waals surface area contributed by atoms with E-state index >= 15 is 0 Å². The SMILES string of the molecule is COc1ccccc1CSC(C)(C)C(=O)O. The number of aliphatic carboxylic acids is 1. The van der Waals surface area contributed by atoms with Gasteiger partial charge in [0.2, 0.25) is 0 Å². The molecule has 0 spiro atoms. The molecule has 0 amide bonds. The molecule has 0 aliphatic heterocycles. The zero-order valence-corrected chi connectivity index (χ0v) is 10.5. The highest BCUT2D eigenvalue weighted by molar-refractivity contribution is 8.00. The normalized spacial score (nSPS) is 11.2. The van der Waals surface area contributed by atoms with Crippen LogP contribution in [0.25, 0.3) is 0 Å². The molecule has 0 heterocycles. The van der Waals surface area contributed by atoms with Crippen LogP contribution in [-0.4, -0.2) is 22.9 Å². The Kier molecular flexibility index (Phi) is 4.24. The van der Waals surface area contributed by atoms with E-state index in [4.69, 9.17) is 9.84 Å². The van der Waals surface area contributed by atoms with E-state index in [1.165, 1.54) is 11.8 Å². The first-order chi connectivity index (χ1) is 7.47. The summed E-state index contributed by atoms with van der Waals surface area (Å²) in [5.74, 6) is 0.632. The topological polar surface area (TPSA) is 46.5 Å². The van der Waals surface area contributed by atoms with Crippen molar-refractivity contribution in [2.24, 2.45) is 0 Å². The molecule has 1 N–H and O–H groups in total. The quantitative estimate of drug-likeness (QED) is 0.859. The highest BCUT2D eigenvalue weighted by Crippen LogP contribution is 2.31. The zero-order chi connectivity index (χ0) is 12.2. The minimum Gasteiger partial charge on any atom is -0.496 e. The summed E-state index contributed by atoms with van der Waals surface area (Å²) in [6.45, 7) is 3.41. The lowest BCUT2D eigenvalue weighted by atomic mass is 10.2. The van der Waals surface area contributed by atoms with Gasteiger partial charge in [0.15, 0.2) is 0 Å². The molecule has 1 rings (SSSR count). The Morgan fingerprint density at radius 2 is 2.06 bits per heavy atom. The summed E-state index contributed by atoms with van der Waals surface area (Å²) < 4.78 is 4.43. The Labute approximate surface area is 99.8 Å². The lowest BCUT2D eigenvalue weighted by Gasteiger charge is -2.19. The second-order valence-corrected chi connectivity index (χ2v) is 5.51. The van der Waals surface area contributed by atoms with Crippen molar-refractivity contribution in [3.8, 4) is 5.75 Å². The van der Waals surface area contributed by atoms with Crippen LogP contribution in [0.2, 0.25) is 0 Å². The number of rotatable bonds is 5. The molecular weight excluding hydrogens is 224 g/mol. The van der Waals surface area contributed by atoms with Gasteiger partial charge in [-0.1, -0.05) is 18.2 Å². The highest BCUT2D eigenvalue weighted by Gasteiger charge is 2.27. The van der Waals surface area contributed by atoms with Crippen LogP contribution in [-0.2, 0) is 10.5 Å². The minimum atomic E-state index is -0.799. The van der Waals surface area contributed by atoms with Gasteiger partial charge in [0.05, 0.1) is 7.11 Å². The second-order valence-electron chi connectivity index (χ2n) is 3.92. The number of para-hydroxylation sites is 1. The van der Waals surface area contributed by atoms with Crippen molar-refractivity contribution in [2.75, 3.05) is 7.11 Å². The van der Waals surface area contributed by atoms with Crippen molar-refractivity contribution in [1.29, 1.82) is 0 Å². The molecule has 0 unspecified atom stereocenters. The predicted octanol–water partition coefficient (Wildman–Crippen LogP) is 2.79. The summed E-state index contributed by atoms with van der Waals surface area (Å²) in [4.78, 5) is 10.9. The molecule has 0 aliphatic carbocycles. The van der Waals surface area contributed by atoms with E-state index < -0.39 is 10.7 Å². The monoisotopic (exact) mass is 240 g/mol. The van der Waals surface area contributed by atoms with Crippen molar-refractivity contribution < 1.29 is 14.6 Å². The van der Waals surface area contributed by atoms with E-state index in [1.807, 2.05) is 24.3 Å². The molecule has 0 saturated carbocycles. The Morgan fingerprint density at radius 3 is 2.62 bits per heavy atom. The lowest BCUT2D eigenvalue weighted by molar-refractivity contribution is -0.138. The van der Waals surface area contributed by atoms with Crippen LogP contribution in [0.5, 0.6) is 5.75 Å². The summed E-state index contributed by atoms with van der Waals surface area (Å²) in [7, 11) is 1.62. The summed E-state index contributed by atoms with van der Waals surface area (Å²) in [5, 5.41) is 8.99. The minimum absolute atomic E-state index is 0.628. The molecule has 88 valence electrons. The molecule has 0 aromatic heterocycles. The first-order valence-electron chi connectivity index (χ1n) is 4.96. The van der Waals surface area contributed by atoms with Gasteiger partial charge in [0, 0.05) is 11.3 Å². The summed E-state index contributed by atoms with van der Waals surface area (Å²) >= 11 is 1.39. The number of carboxylic acid groups (broad SMARTS) is 1. The van der Waals surface area contributed by atoms with Gasteiger partial charge in [-0.15, -0.1) is 11.8 Å². The van der Waals surface area contributed by atoms with Crippen LogP contribution < -0.4 is 4.74 Å². The number of benzene rings is 1. The average Bonchev–Trinajstić information content (AvgIpc) is 2.26. The van der Waals surface area contributed by atoms with Gasteiger partial charge in [-0.3, -0.25) is 4.79 Å². The zero-order valence-electron chi connectivity index (χ0n) is 9.69. The van der Waals surface area contributed by atoms with Gasteiger partial charge < -0.3 is 9.84 Å². The van der Waals surface area contributed by atoms with Crippen LogP contribution in [0, 0.1) is 0 Å². The molecular formula is C12H16O3S. The number of ether oxygens (including phenoxy) is 1. The molecule has 0 fully saturated rings. The van der Waals surface area contributed by atoms with Crippen molar-refractivity contribution in [2.45, 2.75) is 24.3 Å². The van der Waals surface area contributed by atoms with E-state index in [1.54, 1.807) is 21.0 Å². The van der Waals surface area contributed by atoms with Crippen molar-refractivity contribution in [3.05, 3.63) is 29.8 Å². The van der Waals surface area contributed by atoms with E-state index in [9.17, 15) is 4.79 Å². The fraction of sp³-hybridized carbons (Fsp3) is 0.417. The molecule has 0 aliphatic rings. The summed E-state index contributed by atoms with van der Waals surface area (Å²) in [6, 6.07) is 7.65. The van der Waals surface area contributed by atoms with Gasteiger partial charge in [-0.25, -0.2) is 0 Å². The van der Waals surface area contributed by atoms with E-state index in [2.05, 4.69) is 0 Å². The van der Waals surface area contributed by atoms with Crippen LogP contribution in [0.15, 0.2) is 24.3 Å². The number of hydrogen-bond acceptors (Lipinski definition) is 3. The van der Waals surface area contributed by atoms with E-state index in [-0.39, 0.29) is 0 Å². The fourth-order valence-electron chi connectivity index (χ4n) is 1.14. The van der Waals surface area contributed by atoms with Gasteiger partial charge >= 0.3 is 5.97 Å². The van der Waals surface area contributed by atoms with Crippen LogP contribution >= 0.6 is 11.8 Å². The van der Waals surface area contributed by atoms with E-state index in [0.29, 0.717) is 5.75 Å². The summed E-state index contributed by atoms with van der Waals surface area (Å²) in [5.41, 5.74) is 1.02. The van der Waals surface area contributed by atoms with Crippen molar-refractivity contribution >= 4 is 17.7 Å². The van der Waals surface area contributed by atoms with Crippen LogP contribution in [0.1, 0.15) is 19.4 Å². The van der Waals surface area contributed by atoms with E-state index in [0.717, 1.165) is 11.3 Å². The Morgan fingerprint density at radius 1 is 1.44 bits per heavy atom. The number of carboxylic acids is 1. The molecule has 0 radical (unpaired) electrons. The van der Waals surface area contributed by atoms with Gasteiger partial charge in [0.25, 0.3) is 0 Å². The fourth-order valence-corrected chi connectivity index (χ4v) is 2.02. The van der Waals surface area contributed by atoms with Crippen LogP contribution in [0.4, 0.5) is 0 Å². The Hall–Kier alpha value is -1.16. The van der Waals surface area contributed by atoms with Gasteiger partial charge in [-0.05, 0) is 19.9 Å². The maximum atomic E-state index is 10.9. The van der Waals surface area contributed by atoms with Gasteiger partial charge in [0.1, 0.15) is 10.5 Å². The summed E-state index contributed by atoms with van der Waals surface area (Å²) in [6.07, 6.45) is 0. The first-order valence-corrected chi connectivity index (χ1v) is 5.95. The van der Waals surface area contributed by atoms with Crippen molar-refractivity contribution in [1.82, 2.24) is 0 Å². The maximum Gasteiger partial charge on any atom is 0.319 e. The number of carbonyl (C=O) groups is 1. The molecule has 4 heteroatoms. The van der Waals surface area contributed by atoms with Crippen LogP contribution in [0.3, 0.4) is 0 Å². The third-order valence-corrected chi connectivity index (χ3v) is 3.65. The molecule has 0 atom stereocenters. The Balaban J connectivity index is 2.71. The number of methoxy groups -OCH3 is 1. The second kappa shape index (κ2) is 5.25. The molecule has 16 heavy (non-hydrogen) atoms. The molecule has 0 bridgehead atoms. The predicted molar refractivity (Wildman–Crippen MR) is 66.0 cm³/mol. The molecule has 3 nitrogen and oxygen atoms in total. The standard InChI is InChI=1S/C12H16O3S/c1-12(2,11(13)14)16-8-9-6-4-5-7-10(9)15-3/h4-7H,8H2,1-3H3,(H,13,14). The smallest absolute Gasteiger partial charge is 0.319 e. The van der Waals surface area contributed by atoms with Gasteiger partial charge in [-0.2, -0.15) is 0 Å². The lowest BCUT2D eigenvalue weighted by Crippen LogP contribution is -2.27. The third-order valence-electron chi connectivity index (χ3n) is 2.30. The molecule has 1 aromatic rings. The number of thioether (sulfide) groups is 1. The average molecular weight is 240 g/mol.